The molecule has 6 nitrogen and oxygen atoms in total. The minimum Gasteiger partial charge on any atom is -0.456 e. The van der Waals surface area contributed by atoms with Gasteiger partial charge in [-0.1, -0.05) is 6.42 Å². The van der Waals surface area contributed by atoms with Crippen LogP contribution < -0.4 is 4.90 Å². The SMILES string of the molecule is CC(C)(C)OC(=O)c1ccnc2ccc(N3CCC4(CCCCC4)OC3=O)cc12. The van der Waals surface area contributed by atoms with E-state index in [0.717, 1.165) is 32.1 Å². The van der Waals surface area contributed by atoms with Crippen LogP contribution in [0.3, 0.4) is 0 Å². The van der Waals surface area contributed by atoms with Gasteiger partial charge in [-0.05, 0) is 70.7 Å². The van der Waals surface area contributed by atoms with Crippen LogP contribution in [-0.4, -0.2) is 34.8 Å². The van der Waals surface area contributed by atoms with E-state index < -0.39 is 11.6 Å². The fourth-order valence-corrected chi connectivity index (χ4v) is 4.29. The summed E-state index contributed by atoms with van der Waals surface area (Å²) in [5.74, 6) is -0.399. The summed E-state index contributed by atoms with van der Waals surface area (Å²) in [6, 6.07) is 7.18. The molecule has 1 aliphatic heterocycles. The fourth-order valence-electron chi connectivity index (χ4n) is 4.29. The van der Waals surface area contributed by atoms with Crippen molar-refractivity contribution in [3.8, 4) is 0 Å². The third-order valence-corrected chi connectivity index (χ3v) is 5.74. The molecule has 0 unspecified atom stereocenters. The summed E-state index contributed by atoms with van der Waals surface area (Å²) in [7, 11) is 0. The first-order valence-corrected chi connectivity index (χ1v) is 10.4. The van der Waals surface area contributed by atoms with Crippen molar-refractivity contribution in [1.29, 1.82) is 0 Å². The zero-order valence-electron chi connectivity index (χ0n) is 17.4. The molecule has 29 heavy (non-hydrogen) atoms. The van der Waals surface area contributed by atoms with Gasteiger partial charge in [-0.15, -0.1) is 0 Å². The number of hydrogen-bond acceptors (Lipinski definition) is 5. The molecule has 2 aliphatic rings. The predicted octanol–water partition coefficient (Wildman–Crippen LogP) is 5.24. The molecular formula is C23H28N2O4. The Hall–Kier alpha value is -2.63. The van der Waals surface area contributed by atoms with Gasteiger partial charge in [0.2, 0.25) is 0 Å². The van der Waals surface area contributed by atoms with Gasteiger partial charge in [-0.25, -0.2) is 9.59 Å². The molecule has 0 atom stereocenters. The summed E-state index contributed by atoms with van der Waals surface area (Å²) in [5.41, 5.74) is 0.972. The first-order chi connectivity index (χ1) is 13.8. The highest BCUT2D eigenvalue weighted by molar-refractivity contribution is 6.05. The molecular weight excluding hydrogens is 368 g/mol. The van der Waals surface area contributed by atoms with E-state index in [1.54, 1.807) is 17.2 Å². The zero-order chi connectivity index (χ0) is 20.6. The average molecular weight is 396 g/mol. The number of aromatic nitrogens is 1. The van der Waals surface area contributed by atoms with Gasteiger partial charge in [0, 0.05) is 30.2 Å². The van der Waals surface area contributed by atoms with Crippen molar-refractivity contribution in [2.75, 3.05) is 11.4 Å². The number of benzene rings is 1. The Morgan fingerprint density at radius 1 is 1.14 bits per heavy atom. The summed E-state index contributed by atoms with van der Waals surface area (Å²) >= 11 is 0. The van der Waals surface area contributed by atoms with Crippen LogP contribution in [0.2, 0.25) is 0 Å². The number of ether oxygens (including phenoxy) is 2. The number of pyridine rings is 1. The third-order valence-electron chi connectivity index (χ3n) is 5.74. The normalized spacial score (nSPS) is 19.3. The molecule has 0 radical (unpaired) electrons. The second kappa shape index (κ2) is 7.32. The number of esters is 1. The lowest BCUT2D eigenvalue weighted by Gasteiger charge is -2.43. The summed E-state index contributed by atoms with van der Waals surface area (Å²) in [6.45, 7) is 6.13. The molecule has 2 heterocycles. The number of carbonyl (C=O) groups is 2. The van der Waals surface area contributed by atoms with E-state index in [1.807, 2.05) is 39.0 Å². The Morgan fingerprint density at radius 3 is 2.59 bits per heavy atom. The van der Waals surface area contributed by atoms with Gasteiger partial charge in [0.25, 0.3) is 0 Å². The van der Waals surface area contributed by atoms with Crippen molar-refractivity contribution in [1.82, 2.24) is 4.98 Å². The van der Waals surface area contributed by atoms with E-state index in [1.165, 1.54) is 6.42 Å². The molecule has 1 saturated heterocycles. The van der Waals surface area contributed by atoms with Crippen LogP contribution in [0.15, 0.2) is 30.5 Å². The van der Waals surface area contributed by atoms with E-state index in [-0.39, 0.29) is 11.7 Å². The van der Waals surface area contributed by atoms with Gasteiger partial charge < -0.3 is 9.47 Å². The van der Waals surface area contributed by atoms with Crippen molar-refractivity contribution >= 4 is 28.7 Å². The second-order valence-electron chi connectivity index (χ2n) is 9.08. The molecule has 2 fully saturated rings. The van der Waals surface area contributed by atoms with E-state index in [0.29, 0.717) is 28.7 Å². The van der Waals surface area contributed by atoms with Crippen LogP contribution in [0.4, 0.5) is 10.5 Å². The number of hydrogen-bond donors (Lipinski definition) is 0. The Labute approximate surface area is 171 Å². The summed E-state index contributed by atoms with van der Waals surface area (Å²) < 4.78 is 11.5. The highest BCUT2D eigenvalue weighted by Gasteiger charge is 2.41. The molecule has 1 aromatic carbocycles. The number of fused-ring (bicyclic) bond motifs is 1. The summed E-state index contributed by atoms with van der Waals surface area (Å²) in [5, 5.41) is 0.671. The van der Waals surface area contributed by atoms with Gasteiger partial charge in [-0.3, -0.25) is 9.88 Å². The van der Waals surface area contributed by atoms with Crippen LogP contribution in [0, 0.1) is 0 Å². The van der Waals surface area contributed by atoms with Crippen molar-refractivity contribution in [3.05, 3.63) is 36.0 Å². The largest absolute Gasteiger partial charge is 0.456 e. The van der Waals surface area contributed by atoms with Crippen molar-refractivity contribution in [2.45, 2.75) is 70.5 Å². The number of anilines is 1. The van der Waals surface area contributed by atoms with E-state index in [9.17, 15) is 9.59 Å². The first-order valence-electron chi connectivity index (χ1n) is 10.4. The first kappa shape index (κ1) is 19.7. The molecule has 1 aromatic heterocycles. The van der Waals surface area contributed by atoms with Crippen molar-refractivity contribution < 1.29 is 19.1 Å². The Balaban J connectivity index is 1.63. The van der Waals surface area contributed by atoms with Crippen LogP contribution in [0.5, 0.6) is 0 Å². The summed E-state index contributed by atoms with van der Waals surface area (Å²) in [4.78, 5) is 31.5. The quantitative estimate of drug-likeness (QED) is 0.649. The van der Waals surface area contributed by atoms with Gasteiger partial charge >= 0.3 is 12.1 Å². The highest BCUT2D eigenvalue weighted by atomic mass is 16.6. The molecule has 6 heteroatoms. The monoisotopic (exact) mass is 396 g/mol. The standard InChI is InChI=1S/C23H28N2O4/c1-22(2,3)28-20(26)17-9-13-24-19-8-7-16(15-18(17)19)25-14-12-23(29-21(25)27)10-5-4-6-11-23/h7-9,13,15H,4-6,10-12,14H2,1-3H3. The highest BCUT2D eigenvalue weighted by Crippen LogP contribution is 2.39. The van der Waals surface area contributed by atoms with Gasteiger partial charge in [0.1, 0.15) is 11.2 Å². The molecule has 1 amide bonds. The van der Waals surface area contributed by atoms with Crippen molar-refractivity contribution in [3.63, 3.8) is 0 Å². The molecule has 4 rings (SSSR count). The minimum absolute atomic E-state index is 0.286. The van der Waals surface area contributed by atoms with Crippen LogP contribution in [0.25, 0.3) is 10.9 Å². The molecule has 1 saturated carbocycles. The van der Waals surface area contributed by atoms with Crippen LogP contribution in [0.1, 0.15) is 69.7 Å². The van der Waals surface area contributed by atoms with Crippen molar-refractivity contribution in [2.24, 2.45) is 0 Å². The second-order valence-corrected chi connectivity index (χ2v) is 9.08. The number of carbonyl (C=O) groups excluding carboxylic acids is 2. The van der Waals surface area contributed by atoms with Gasteiger partial charge in [0.15, 0.2) is 0 Å². The molecule has 0 bridgehead atoms. The van der Waals surface area contributed by atoms with E-state index in [4.69, 9.17) is 9.47 Å². The average Bonchev–Trinajstić information content (AvgIpc) is 2.66. The lowest BCUT2D eigenvalue weighted by molar-refractivity contribution is -0.0309. The smallest absolute Gasteiger partial charge is 0.414 e. The maximum atomic E-state index is 12.8. The Kier molecular flexibility index (Phi) is 4.97. The van der Waals surface area contributed by atoms with Crippen LogP contribution >= 0.6 is 0 Å². The lowest BCUT2D eigenvalue weighted by Crippen LogP contribution is -2.50. The van der Waals surface area contributed by atoms with E-state index >= 15 is 0 Å². The summed E-state index contributed by atoms with van der Waals surface area (Å²) in [6.07, 6.45) is 7.50. The third kappa shape index (κ3) is 4.07. The molecule has 2 aromatic rings. The maximum Gasteiger partial charge on any atom is 0.414 e. The Bertz CT molecular complexity index is 942. The fraction of sp³-hybridized carbons (Fsp3) is 0.522. The lowest BCUT2D eigenvalue weighted by atomic mass is 9.81. The topological polar surface area (TPSA) is 68.7 Å². The van der Waals surface area contributed by atoms with Gasteiger partial charge in [0.05, 0.1) is 11.1 Å². The predicted molar refractivity (Wildman–Crippen MR) is 111 cm³/mol. The number of nitrogens with zero attached hydrogens (tertiary/aromatic N) is 2. The number of amides is 1. The molecule has 1 aliphatic carbocycles. The minimum atomic E-state index is -0.588. The maximum absolute atomic E-state index is 12.8. The number of rotatable bonds is 2. The van der Waals surface area contributed by atoms with E-state index in [2.05, 4.69) is 4.98 Å². The van der Waals surface area contributed by atoms with Crippen LogP contribution in [-0.2, 0) is 9.47 Å². The van der Waals surface area contributed by atoms with Gasteiger partial charge in [-0.2, -0.15) is 0 Å². The molecule has 154 valence electrons. The molecule has 0 N–H and O–H groups in total. The zero-order valence-corrected chi connectivity index (χ0v) is 17.4. The molecule has 1 spiro atoms. The Morgan fingerprint density at radius 2 is 1.90 bits per heavy atom.